The Bertz CT molecular complexity index is 669. The van der Waals surface area contributed by atoms with E-state index in [0.29, 0.717) is 21.4 Å². The van der Waals surface area contributed by atoms with Crippen molar-refractivity contribution in [3.05, 3.63) is 64.1 Å². The Kier molecular flexibility index (Phi) is 4.66. The Hall–Kier alpha value is -1.97. The molecule has 0 aromatic heterocycles. The molecule has 1 amide bonds. The summed E-state index contributed by atoms with van der Waals surface area (Å²) in [4.78, 5) is 11.8. The number of anilines is 2. The van der Waals surface area contributed by atoms with E-state index in [-0.39, 0.29) is 5.91 Å². The number of halogens is 2. The van der Waals surface area contributed by atoms with Gasteiger partial charge in [-0.05, 0) is 35.9 Å². The monoisotopic (exact) mass is 306 g/mol. The molecule has 2 aromatic carbocycles. The average Bonchev–Trinajstić information content (AvgIpc) is 2.42. The third kappa shape index (κ3) is 3.76. The SMILES string of the molecule is Nc1cccc(/C=C/C(=O)Nc2cccc(Cl)c2Cl)c1. The third-order valence-corrected chi connectivity index (χ3v) is 3.37. The van der Waals surface area contributed by atoms with Gasteiger partial charge in [0, 0.05) is 11.8 Å². The van der Waals surface area contributed by atoms with Crippen molar-refractivity contribution >= 4 is 46.6 Å². The van der Waals surface area contributed by atoms with E-state index < -0.39 is 0 Å². The number of hydrogen-bond acceptors (Lipinski definition) is 2. The molecule has 0 aliphatic rings. The molecule has 0 fully saturated rings. The molecule has 3 nitrogen and oxygen atoms in total. The predicted molar refractivity (Wildman–Crippen MR) is 85.0 cm³/mol. The number of rotatable bonds is 3. The Morgan fingerprint density at radius 3 is 2.65 bits per heavy atom. The molecule has 0 aliphatic heterocycles. The third-order valence-electron chi connectivity index (χ3n) is 2.55. The minimum Gasteiger partial charge on any atom is -0.399 e. The van der Waals surface area contributed by atoms with Gasteiger partial charge in [-0.25, -0.2) is 0 Å². The maximum absolute atomic E-state index is 11.8. The normalized spacial score (nSPS) is 10.7. The smallest absolute Gasteiger partial charge is 0.248 e. The van der Waals surface area contributed by atoms with E-state index in [1.165, 1.54) is 6.08 Å². The number of nitrogen functional groups attached to an aromatic ring is 1. The van der Waals surface area contributed by atoms with Crippen molar-refractivity contribution in [1.82, 2.24) is 0 Å². The Balaban J connectivity index is 2.08. The molecule has 0 aliphatic carbocycles. The van der Waals surface area contributed by atoms with E-state index >= 15 is 0 Å². The van der Waals surface area contributed by atoms with Gasteiger partial charge in [0.2, 0.25) is 5.91 Å². The van der Waals surface area contributed by atoms with Crippen LogP contribution in [0.2, 0.25) is 10.0 Å². The minimum atomic E-state index is -0.295. The van der Waals surface area contributed by atoms with Crippen LogP contribution in [0, 0.1) is 0 Å². The van der Waals surface area contributed by atoms with Crippen LogP contribution < -0.4 is 11.1 Å². The predicted octanol–water partition coefficient (Wildman–Crippen LogP) is 4.23. The zero-order chi connectivity index (χ0) is 14.5. The van der Waals surface area contributed by atoms with Crippen LogP contribution in [0.1, 0.15) is 5.56 Å². The molecule has 0 atom stereocenters. The maximum Gasteiger partial charge on any atom is 0.248 e. The van der Waals surface area contributed by atoms with Gasteiger partial charge < -0.3 is 11.1 Å². The van der Waals surface area contributed by atoms with Gasteiger partial charge in [0.1, 0.15) is 0 Å². The molecule has 3 N–H and O–H groups in total. The lowest BCUT2D eigenvalue weighted by Crippen LogP contribution is -2.08. The summed E-state index contributed by atoms with van der Waals surface area (Å²) in [5, 5.41) is 3.37. The number of nitrogens with two attached hydrogens (primary N) is 1. The highest BCUT2D eigenvalue weighted by atomic mass is 35.5. The number of benzene rings is 2. The zero-order valence-electron chi connectivity index (χ0n) is 10.4. The van der Waals surface area contributed by atoms with Gasteiger partial charge in [-0.15, -0.1) is 0 Å². The lowest BCUT2D eigenvalue weighted by atomic mass is 10.2. The summed E-state index contributed by atoms with van der Waals surface area (Å²) in [5.41, 5.74) is 7.62. The zero-order valence-corrected chi connectivity index (χ0v) is 11.9. The van der Waals surface area contributed by atoms with Gasteiger partial charge in [0.05, 0.1) is 15.7 Å². The summed E-state index contributed by atoms with van der Waals surface area (Å²) >= 11 is 11.9. The number of amides is 1. The van der Waals surface area contributed by atoms with Crippen LogP contribution >= 0.6 is 23.2 Å². The summed E-state index contributed by atoms with van der Waals surface area (Å²) in [6.07, 6.45) is 3.08. The van der Waals surface area contributed by atoms with Crippen molar-refractivity contribution in [2.45, 2.75) is 0 Å². The van der Waals surface area contributed by atoms with Crippen LogP contribution in [0.4, 0.5) is 11.4 Å². The van der Waals surface area contributed by atoms with Crippen LogP contribution in [-0.4, -0.2) is 5.91 Å². The van der Waals surface area contributed by atoms with Crippen molar-refractivity contribution in [2.24, 2.45) is 0 Å². The minimum absolute atomic E-state index is 0.295. The summed E-state index contributed by atoms with van der Waals surface area (Å²) in [6.45, 7) is 0. The first-order chi connectivity index (χ1) is 9.56. The van der Waals surface area contributed by atoms with Crippen molar-refractivity contribution < 1.29 is 4.79 Å². The van der Waals surface area contributed by atoms with E-state index in [1.54, 1.807) is 36.4 Å². The molecule has 5 heteroatoms. The highest BCUT2D eigenvalue weighted by Gasteiger charge is 2.05. The molecule has 0 unspecified atom stereocenters. The number of carbonyl (C=O) groups is 1. The molecule has 0 saturated heterocycles. The molecule has 0 heterocycles. The molecule has 20 heavy (non-hydrogen) atoms. The molecule has 2 rings (SSSR count). The van der Waals surface area contributed by atoms with E-state index in [4.69, 9.17) is 28.9 Å². The first kappa shape index (κ1) is 14.4. The largest absolute Gasteiger partial charge is 0.399 e. The van der Waals surface area contributed by atoms with Crippen LogP contribution in [0.15, 0.2) is 48.5 Å². The molecule has 2 aromatic rings. The Morgan fingerprint density at radius 1 is 1.15 bits per heavy atom. The van der Waals surface area contributed by atoms with E-state index in [2.05, 4.69) is 5.32 Å². The van der Waals surface area contributed by atoms with Crippen molar-refractivity contribution in [3.63, 3.8) is 0 Å². The van der Waals surface area contributed by atoms with Gasteiger partial charge in [0.25, 0.3) is 0 Å². The van der Waals surface area contributed by atoms with Gasteiger partial charge in [-0.1, -0.05) is 41.4 Å². The second kappa shape index (κ2) is 6.46. The number of carbonyl (C=O) groups excluding carboxylic acids is 1. The maximum atomic E-state index is 11.8. The topological polar surface area (TPSA) is 55.1 Å². The highest BCUT2D eigenvalue weighted by molar-refractivity contribution is 6.44. The van der Waals surface area contributed by atoms with Gasteiger partial charge >= 0.3 is 0 Å². The number of hydrogen-bond donors (Lipinski definition) is 2. The molecule has 0 spiro atoms. The second-order valence-corrected chi connectivity index (χ2v) is 4.88. The Morgan fingerprint density at radius 2 is 1.90 bits per heavy atom. The van der Waals surface area contributed by atoms with Crippen LogP contribution in [-0.2, 0) is 4.79 Å². The Labute approximate surface area is 127 Å². The summed E-state index contributed by atoms with van der Waals surface area (Å²) in [6, 6.07) is 12.3. The van der Waals surface area contributed by atoms with Crippen LogP contribution in [0.25, 0.3) is 6.08 Å². The first-order valence-electron chi connectivity index (χ1n) is 5.85. The summed E-state index contributed by atoms with van der Waals surface area (Å²) in [7, 11) is 0. The first-order valence-corrected chi connectivity index (χ1v) is 6.60. The quantitative estimate of drug-likeness (QED) is 0.658. The van der Waals surface area contributed by atoms with Crippen molar-refractivity contribution in [3.8, 4) is 0 Å². The van der Waals surface area contributed by atoms with Gasteiger partial charge in [-0.3, -0.25) is 4.79 Å². The van der Waals surface area contributed by atoms with E-state index in [0.717, 1.165) is 5.56 Å². The lowest BCUT2D eigenvalue weighted by molar-refractivity contribution is -0.111. The highest BCUT2D eigenvalue weighted by Crippen LogP contribution is 2.29. The number of nitrogens with one attached hydrogen (secondary N) is 1. The second-order valence-electron chi connectivity index (χ2n) is 4.09. The fraction of sp³-hybridized carbons (Fsp3) is 0. The van der Waals surface area contributed by atoms with Crippen LogP contribution in [0.3, 0.4) is 0 Å². The van der Waals surface area contributed by atoms with Crippen molar-refractivity contribution in [2.75, 3.05) is 11.1 Å². The molecular formula is C15H12Cl2N2O. The average molecular weight is 307 g/mol. The summed E-state index contributed by atoms with van der Waals surface area (Å²) in [5.74, 6) is -0.295. The molecule has 0 saturated carbocycles. The van der Waals surface area contributed by atoms with Crippen molar-refractivity contribution in [1.29, 1.82) is 0 Å². The van der Waals surface area contributed by atoms with Crippen LogP contribution in [0.5, 0.6) is 0 Å². The van der Waals surface area contributed by atoms with Gasteiger partial charge in [-0.2, -0.15) is 0 Å². The standard InChI is InChI=1S/C15H12Cl2N2O/c16-12-5-2-6-13(15(12)17)19-14(20)8-7-10-3-1-4-11(18)9-10/h1-9H,18H2,(H,19,20)/b8-7+. The molecular weight excluding hydrogens is 295 g/mol. The molecule has 0 bridgehead atoms. The molecule has 102 valence electrons. The van der Waals surface area contributed by atoms with E-state index in [9.17, 15) is 4.79 Å². The summed E-state index contributed by atoms with van der Waals surface area (Å²) < 4.78 is 0. The molecule has 0 radical (unpaired) electrons. The van der Waals surface area contributed by atoms with Gasteiger partial charge in [0.15, 0.2) is 0 Å². The van der Waals surface area contributed by atoms with E-state index in [1.807, 2.05) is 12.1 Å². The fourth-order valence-electron chi connectivity index (χ4n) is 1.61. The fourth-order valence-corrected chi connectivity index (χ4v) is 1.96. The lowest BCUT2D eigenvalue weighted by Gasteiger charge is -2.05.